The number of carbonyl (C=O) groups excluding carboxylic acids is 1. The van der Waals surface area contributed by atoms with Crippen LogP contribution in [0.15, 0.2) is 54.6 Å². The van der Waals surface area contributed by atoms with Gasteiger partial charge in [-0.25, -0.2) is 9.59 Å². The van der Waals surface area contributed by atoms with Crippen molar-refractivity contribution >= 4 is 30.9 Å². The number of phenolic OH excluding ortho intramolecular Hbond substituents is 1. The predicted molar refractivity (Wildman–Crippen MR) is 179 cm³/mol. The van der Waals surface area contributed by atoms with Crippen molar-refractivity contribution in [2.45, 2.75) is 84.8 Å². The van der Waals surface area contributed by atoms with E-state index in [0.29, 0.717) is 61.8 Å². The van der Waals surface area contributed by atoms with E-state index < -0.39 is 11.6 Å². The SMILES string of the molecule is CCCc1c(OCCCOc2cc(O)c(C3CCCN3C(=O)OC(C)(C)C)cc2CC)cccc1Oc1ccccc1C(=O)O.[LiH]. The van der Waals surface area contributed by atoms with Crippen LogP contribution in [0.3, 0.4) is 0 Å². The molecule has 1 fully saturated rings. The molecule has 1 aliphatic rings. The molecular weight excluding hydrogens is 581 g/mol. The second-order valence-corrected chi connectivity index (χ2v) is 12.1. The van der Waals surface area contributed by atoms with Crippen LogP contribution in [0.2, 0.25) is 0 Å². The fourth-order valence-electron chi connectivity index (χ4n) is 5.49. The summed E-state index contributed by atoms with van der Waals surface area (Å²) in [6.45, 7) is 11.0. The molecule has 3 aromatic rings. The van der Waals surface area contributed by atoms with Gasteiger partial charge in [0.25, 0.3) is 0 Å². The Hall–Kier alpha value is -3.80. The maximum atomic E-state index is 12.8. The van der Waals surface area contributed by atoms with Crippen LogP contribution >= 0.6 is 0 Å². The Balaban J connectivity index is 0.00000576. The molecule has 1 aliphatic heterocycles. The van der Waals surface area contributed by atoms with E-state index in [4.69, 9.17) is 18.9 Å². The topological polar surface area (TPSA) is 115 Å². The predicted octanol–water partition coefficient (Wildman–Crippen LogP) is 7.67. The molecular formula is C36H46LiNO8. The molecule has 1 amide bonds. The summed E-state index contributed by atoms with van der Waals surface area (Å²) < 4.78 is 23.9. The van der Waals surface area contributed by atoms with Crippen molar-refractivity contribution in [1.29, 1.82) is 0 Å². The number of hydrogen-bond acceptors (Lipinski definition) is 7. The van der Waals surface area contributed by atoms with Gasteiger partial charge < -0.3 is 34.1 Å². The van der Waals surface area contributed by atoms with Crippen LogP contribution in [-0.4, -0.2) is 71.4 Å². The average molecular weight is 628 g/mol. The normalized spacial score (nSPS) is 14.4. The molecule has 3 aromatic carbocycles. The van der Waals surface area contributed by atoms with Gasteiger partial charge in [0.05, 0.1) is 19.3 Å². The van der Waals surface area contributed by atoms with Crippen molar-refractivity contribution in [2.24, 2.45) is 0 Å². The number of phenols is 1. The fourth-order valence-corrected chi connectivity index (χ4v) is 5.49. The number of nitrogens with zero attached hydrogens (tertiary/aromatic N) is 1. The third-order valence-corrected chi connectivity index (χ3v) is 7.56. The van der Waals surface area contributed by atoms with Crippen LogP contribution in [0, 0.1) is 0 Å². The summed E-state index contributed by atoms with van der Waals surface area (Å²) >= 11 is 0. The molecule has 10 heteroatoms. The van der Waals surface area contributed by atoms with Gasteiger partial charge in [0.15, 0.2) is 0 Å². The number of hydrogen-bond donors (Lipinski definition) is 2. The monoisotopic (exact) mass is 627 g/mol. The number of ether oxygens (including phenoxy) is 4. The Morgan fingerprint density at radius 1 is 0.935 bits per heavy atom. The summed E-state index contributed by atoms with van der Waals surface area (Å²) in [6, 6.07) is 15.4. The first kappa shape index (κ1) is 36.7. The minimum atomic E-state index is -1.05. The zero-order valence-electron chi connectivity index (χ0n) is 26.9. The van der Waals surface area contributed by atoms with E-state index in [2.05, 4.69) is 6.92 Å². The number of carboxylic acid groups (broad SMARTS) is 1. The molecule has 4 rings (SSSR count). The Labute approximate surface area is 284 Å². The average Bonchev–Trinajstić information content (AvgIpc) is 3.48. The maximum absolute atomic E-state index is 12.8. The third-order valence-electron chi connectivity index (χ3n) is 7.56. The van der Waals surface area contributed by atoms with Gasteiger partial charge in [-0.3, -0.25) is 0 Å². The minimum absolute atomic E-state index is 0. The molecule has 0 spiro atoms. The van der Waals surface area contributed by atoms with Gasteiger partial charge in [-0.05, 0) is 82.3 Å². The molecule has 1 saturated heterocycles. The third kappa shape index (κ3) is 9.37. The number of aromatic hydroxyl groups is 1. The van der Waals surface area contributed by atoms with E-state index in [9.17, 15) is 19.8 Å². The van der Waals surface area contributed by atoms with E-state index in [1.807, 2.05) is 52.0 Å². The van der Waals surface area contributed by atoms with Gasteiger partial charge in [-0.1, -0.05) is 38.5 Å². The quantitative estimate of drug-likeness (QED) is 0.147. The van der Waals surface area contributed by atoms with Crippen LogP contribution in [0.1, 0.15) is 93.4 Å². The standard InChI is InChI=1S/C36H45NO8.Li.H/c1-6-13-25-30(17-10-18-31(25)44-32-16-9-8-14-26(32)34(39)40)42-20-12-21-43-33-23-29(38)27(22-24(33)7-2)28-15-11-19-37(28)35(41)45-36(3,4)5;;/h8-10,14,16-18,22-23,28,38H,6-7,11-13,15,19-21H2,1-5H3,(H,39,40);;. The molecule has 1 heterocycles. The Bertz CT molecular complexity index is 1490. The fraction of sp³-hybridized carbons (Fsp3) is 0.444. The number of benzene rings is 3. The summed E-state index contributed by atoms with van der Waals surface area (Å²) in [5.41, 5.74) is 2.04. The Morgan fingerprint density at radius 3 is 2.28 bits per heavy atom. The number of aryl methyl sites for hydroxylation is 1. The van der Waals surface area contributed by atoms with Gasteiger partial charge in [-0.2, -0.15) is 0 Å². The molecule has 0 aliphatic carbocycles. The first-order valence-electron chi connectivity index (χ1n) is 15.7. The Morgan fingerprint density at radius 2 is 1.61 bits per heavy atom. The van der Waals surface area contributed by atoms with E-state index in [0.717, 1.165) is 30.4 Å². The first-order chi connectivity index (χ1) is 21.5. The zero-order chi connectivity index (χ0) is 32.6. The van der Waals surface area contributed by atoms with Gasteiger partial charge in [0.2, 0.25) is 0 Å². The Kier molecular flexibility index (Phi) is 13.3. The van der Waals surface area contributed by atoms with Gasteiger partial charge >= 0.3 is 30.9 Å². The number of para-hydroxylation sites is 1. The van der Waals surface area contributed by atoms with Crippen LogP contribution < -0.4 is 14.2 Å². The summed E-state index contributed by atoms with van der Waals surface area (Å²) in [6.07, 6.45) is 4.09. The van der Waals surface area contributed by atoms with Crippen LogP contribution in [-0.2, 0) is 17.6 Å². The molecule has 1 unspecified atom stereocenters. The van der Waals surface area contributed by atoms with Crippen LogP contribution in [0.4, 0.5) is 4.79 Å². The van der Waals surface area contributed by atoms with Gasteiger partial charge in [-0.15, -0.1) is 0 Å². The van der Waals surface area contributed by atoms with Crippen molar-refractivity contribution in [3.05, 3.63) is 76.9 Å². The number of amides is 1. The molecule has 0 saturated carbocycles. The molecule has 1 atom stereocenters. The number of carboxylic acids is 1. The zero-order valence-corrected chi connectivity index (χ0v) is 26.9. The van der Waals surface area contributed by atoms with Gasteiger partial charge in [0, 0.05) is 30.2 Å². The molecule has 0 radical (unpaired) electrons. The van der Waals surface area contributed by atoms with Crippen LogP contribution in [0.25, 0.3) is 0 Å². The first-order valence-corrected chi connectivity index (χ1v) is 15.7. The molecule has 9 nitrogen and oxygen atoms in total. The van der Waals surface area contributed by atoms with Gasteiger partial charge in [0.1, 0.15) is 39.9 Å². The van der Waals surface area contributed by atoms with Crippen molar-refractivity contribution in [3.8, 4) is 28.7 Å². The molecule has 46 heavy (non-hydrogen) atoms. The second kappa shape index (κ2) is 16.7. The van der Waals surface area contributed by atoms with Crippen molar-refractivity contribution in [2.75, 3.05) is 19.8 Å². The van der Waals surface area contributed by atoms with Crippen molar-refractivity contribution in [3.63, 3.8) is 0 Å². The number of likely N-dealkylation sites (tertiary alicyclic amines) is 1. The summed E-state index contributed by atoms with van der Waals surface area (Å²) in [5.74, 6) is 1.19. The molecule has 2 N–H and O–H groups in total. The second-order valence-electron chi connectivity index (χ2n) is 12.1. The van der Waals surface area contributed by atoms with Crippen molar-refractivity contribution < 1.29 is 38.7 Å². The number of aromatic carboxylic acids is 1. The summed E-state index contributed by atoms with van der Waals surface area (Å²) in [7, 11) is 0. The summed E-state index contributed by atoms with van der Waals surface area (Å²) in [4.78, 5) is 26.2. The van der Waals surface area contributed by atoms with E-state index in [-0.39, 0.29) is 48.1 Å². The van der Waals surface area contributed by atoms with Crippen molar-refractivity contribution in [1.82, 2.24) is 4.90 Å². The number of carbonyl (C=O) groups is 2. The van der Waals surface area contributed by atoms with E-state index in [1.54, 1.807) is 29.2 Å². The molecule has 244 valence electrons. The molecule has 0 bridgehead atoms. The number of rotatable bonds is 13. The van der Waals surface area contributed by atoms with E-state index in [1.165, 1.54) is 6.07 Å². The van der Waals surface area contributed by atoms with Crippen LogP contribution in [0.5, 0.6) is 28.7 Å². The summed E-state index contributed by atoms with van der Waals surface area (Å²) in [5, 5.41) is 20.5. The van der Waals surface area contributed by atoms with E-state index >= 15 is 0 Å². The molecule has 0 aromatic heterocycles.